The highest BCUT2D eigenvalue weighted by Crippen LogP contribution is 2.32. The molecule has 3 rings (SSSR count). The summed E-state index contributed by atoms with van der Waals surface area (Å²) in [6, 6.07) is 12.3. The van der Waals surface area contributed by atoms with E-state index >= 15 is 0 Å². The molecule has 0 aliphatic heterocycles. The van der Waals surface area contributed by atoms with Crippen molar-refractivity contribution in [3.8, 4) is 17.1 Å². The van der Waals surface area contributed by atoms with Crippen molar-refractivity contribution in [2.75, 3.05) is 0 Å². The Hall–Kier alpha value is -2.82. The van der Waals surface area contributed by atoms with Gasteiger partial charge in [-0.15, -0.1) is 0 Å². The van der Waals surface area contributed by atoms with E-state index in [1.165, 1.54) is 24.3 Å². The van der Waals surface area contributed by atoms with Gasteiger partial charge in [-0.05, 0) is 43.7 Å². The molecule has 0 N–H and O–H groups in total. The van der Waals surface area contributed by atoms with Crippen LogP contribution in [0.2, 0.25) is 0 Å². The summed E-state index contributed by atoms with van der Waals surface area (Å²) in [4.78, 5) is 8.37. The number of hydrogen-bond acceptors (Lipinski definition) is 3. The molecular weight excluding hydrogens is 310 g/mol. The quantitative estimate of drug-likeness (QED) is 0.685. The van der Waals surface area contributed by atoms with Crippen LogP contribution in [0.1, 0.15) is 16.7 Å². The third-order valence-electron chi connectivity index (χ3n) is 3.53. The lowest BCUT2D eigenvalue weighted by atomic mass is 10.1. The molecule has 24 heavy (non-hydrogen) atoms. The van der Waals surface area contributed by atoms with Crippen molar-refractivity contribution in [1.29, 1.82) is 0 Å². The molecule has 0 aliphatic carbocycles. The molecular formula is C19H16F2N2O. The van der Waals surface area contributed by atoms with E-state index in [4.69, 9.17) is 4.74 Å². The minimum Gasteiger partial charge on any atom is -0.429 e. The Balaban J connectivity index is 1.80. The first kappa shape index (κ1) is 16.1. The second kappa shape index (κ2) is 6.35. The van der Waals surface area contributed by atoms with Gasteiger partial charge in [0.1, 0.15) is 5.75 Å². The summed E-state index contributed by atoms with van der Waals surface area (Å²) >= 11 is 0. The molecule has 0 fully saturated rings. The van der Waals surface area contributed by atoms with Crippen molar-refractivity contribution in [2.24, 2.45) is 0 Å². The van der Waals surface area contributed by atoms with Crippen molar-refractivity contribution in [2.45, 2.75) is 20.0 Å². The van der Waals surface area contributed by atoms with Crippen LogP contribution in [0.25, 0.3) is 11.4 Å². The molecule has 0 radical (unpaired) electrons. The first-order chi connectivity index (χ1) is 11.4. The molecule has 0 aliphatic rings. The van der Waals surface area contributed by atoms with Gasteiger partial charge in [0.05, 0.1) is 5.56 Å². The van der Waals surface area contributed by atoms with Crippen LogP contribution in [0.4, 0.5) is 8.78 Å². The highest BCUT2D eigenvalue weighted by molar-refractivity contribution is 5.55. The maximum absolute atomic E-state index is 14.3. The van der Waals surface area contributed by atoms with Gasteiger partial charge in [-0.1, -0.05) is 29.8 Å². The fourth-order valence-corrected chi connectivity index (χ4v) is 2.17. The van der Waals surface area contributed by atoms with Crippen molar-refractivity contribution >= 4 is 0 Å². The molecule has 1 heterocycles. The van der Waals surface area contributed by atoms with Crippen LogP contribution in [0.5, 0.6) is 5.75 Å². The first-order valence-electron chi connectivity index (χ1n) is 7.47. The Morgan fingerprint density at radius 1 is 0.792 bits per heavy atom. The van der Waals surface area contributed by atoms with Crippen LogP contribution in [0, 0.1) is 13.8 Å². The van der Waals surface area contributed by atoms with Gasteiger partial charge in [-0.3, -0.25) is 0 Å². The third-order valence-corrected chi connectivity index (χ3v) is 3.53. The lowest BCUT2D eigenvalue weighted by molar-refractivity contribution is -0.185. The average molecular weight is 326 g/mol. The van der Waals surface area contributed by atoms with E-state index in [0.717, 1.165) is 11.1 Å². The van der Waals surface area contributed by atoms with Gasteiger partial charge in [-0.2, -0.15) is 8.78 Å². The monoisotopic (exact) mass is 326 g/mol. The highest BCUT2D eigenvalue weighted by Gasteiger charge is 2.34. The van der Waals surface area contributed by atoms with E-state index in [1.54, 1.807) is 36.7 Å². The summed E-state index contributed by atoms with van der Waals surface area (Å²) in [6.45, 7) is 3.77. The van der Waals surface area contributed by atoms with Crippen LogP contribution >= 0.6 is 0 Å². The number of nitrogens with zero attached hydrogens (tertiary/aromatic N) is 2. The molecule has 1 aromatic heterocycles. The molecule has 0 atom stereocenters. The molecule has 2 aromatic carbocycles. The minimum absolute atomic E-state index is 0.122. The molecule has 0 bridgehead atoms. The SMILES string of the molecule is Cc1ccc(OC(F)(F)c2ccc(-c3ncc(C)cn3)cc2)cc1. The Kier molecular flexibility index (Phi) is 4.25. The van der Waals surface area contributed by atoms with Gasteiger partial charge in [0.2, 0.25) is 0 Å². The van der Waals surface area contributed by atoms with E-state index in [2.05, 4.69) is 9.97 Å². The lowest BCUT2D eigenvalue weighted by Gasteiger charge is -2.18. The number of benzene rings is 2. The second-order valence-corrected chi connectivity index (χ2v) is 5.59. The van der Waals surface area contributed by atoms with Gasteiger partial charge < -0.3 is 4.74 Å². The molecule has 0 saturated carbocycles. The molecule has 0 amide bonds. The van der Waals surface area contributed by atoms with E-state index in [0.29, 0.717) is 11.4 Å². The third kappa shape index (κ3) is 3.56. The number of ether oxygens (including phenoxy) is 1. The zero-order chi connectivity index (χ0) is 17.2. The summed E-state index contributed by atoms with van der Waals surface area (Å²) in [5.41, 5.74) is 2.37. The fourth-order valence-electron chi connectivity index (χ4n) is 2.17. The van der Waals surface area contributed by atoms with Crippen LogP contribution in [0.15, 0.2) is 60.9 Å². The zero-order valence-electron chi connectivity index (χ0n) is 13.3. The average Bonchev–Trinajstić information content (AvgIpc) is 2.58. The molecule has 3 nitrogen and oxygen atoms in total. The predicted molar refractivity (Wildman–Crippen MR) is 87.9 cm³/mol. The molecule has 0 unspecified atom stereocenters. The van der Waals surface area contributed by atoms with Crippen LogP contribution in [-0.4, -0.2) is 9.97 Å². The number of aryl methyl sites for hydroxylation is 2. The number of halogens is 2. The summed E-state index contributed by atoms with van der Waals surface area (Å²) in [5, 5.41) is 0. The highest BCUT2D eigenvalue weighted by atomic mass is 19.3. The number of hydrogen-bond donors (Lipinski definition) is 0. The fraction of sp³-hybridized carbons (Fsp3) is 0.158. The molecule has 0 saturated heterocycles. The molecule has 0 spiro atoms. The molecule has 5 heteroatoms. The van der Waals surface area contributed by atoms with Crippen molar-refractivity contribution in [3.63, 3.8) is 0 Å². The largest absolute Gasteiger partial charge is 0.429 e. The van der Waals surface area contributed by atoms with E-state index in [-0.39, 0.29) is 11.3 Å². The summed E-state index contributed by atoms with van der Waals surface area (Å²) in [5.74, 6) is 0.617. The van der Waals surface area contributed by atoms with Gasteiger partial charge >= 0.3 is 6.11 Å². The topological polar surface area (TPSA) is 35.0 Å². The zero-order valence-corrected chi connectivity index (χ0v) is 13.3. The Labute approximate surface area is 139 Å². The predicted octanol–water partition coefficient (Wildman–Crippen LogP) is 4.89. The van der Waals surface area contributed by atoms with Crippen molar-refractivity contribution < 1.29 is 13.5 Å². The van der Waals surface area contributed by atoms with E-state index in [9.17, 15) is 8.78 Å². The van der Waals surface area contributed by atoms with Crippen LogP contribution in [0.3, 0.4) is 0 Å². The number of alkyl halides is 2. The second-order valence-electron chi connectivity index (χ2n) is 5.59. The normalized spacial score (nSPS) is 11.3. The van der Waals surface area contributed by atoms with Crippen LogP contribution < -0.4 is 4.74 Å². The maximum Gasteiger partial charge on any atom is 0.426 e. The Bertz CT molecular complexity index is 813. The smallest absolute Gasteiger partial charge is 0.426 e. The number of aromatic nitrogens is 2. The lowest BCUT2D eigenvalue weighted by Crippen LogP contribution is -2.21. The Morgan fingerprint density at radius 3 is 1.96 bits per heavy atom. The number of rotatable bonds is 4. The Morgan fingerprint density at radius 2 is 1.38 bits per heavy atom. The minimum atomic E-state index is -3.41. The molecule has 122 valence electrons. The van der Waals surface area contributed by atoms with E-state index in [1.807, 2.05) is 13.8 Å². The van der Waals surface area contributed by atoms with Crippen molar-refractivity contribution in [1.82, 2.24) is 9.97 Å². The van der Waals surface area contributed by atoms with Gasteiger partial charge in [0.25, 0.3) is 0 Å². The summed E-state index contributed by atoms with van der Waals surface area (Å²) in [6.07, 6.45) is -0.0430. The van der Waals surface area contributed by atoms with Gasteiger partial charge in [0.15, 0.2) is 5.82 Å². The summed E-state index contributed by atoms with van der Waals surface area (Å²) < 4.78 is 33.4. The van der Waals surface area contributed by atoms with Gasteiger partial charge in [0, 0.05) is 18.0 Å². The summed E-state index contributed by atoms with van der Waals surface area (Å²) in [7, 11) is 0. The van der Waals surface area contributed by atoms with Crippen molar-refractivity contribution in [3.05, 3.63) is 77.6 Å². The maximum atomic E-state index is 14.3. The standard InChI is InChI=1S/C19H16F2N2O/c1-13-3-9-17(10-4-13)24-19(20,21)16-7-5-15(6-8-16)18-22-11-14(2)12-23-18/h3-12H,1-2H3. The first-order valence-corrected chi connectivity index (χ1v) is 7.47. The molecule has 3 aromatic rings. The van der Waals surface area contributed by atoms with E-state index < -0.39 is 6.11 Å². The van der Waals surface area contributed by atoms with Crippen LogP contribution in [-0.2, 0) is 6.11 Å². The van der Waals surface area contributed by atoms with Gasteiger partial charge in [-0.25, -0.2) is 9.97 Å².